The molecule has 30 heavy (non-hydrogen) atoms. The maximum Gasteiger partial charge on any atom is 0.304 e. The van der Waals surface area contributed by atoms with Crippen molar-refractivity contribution in [3.8, 4) is 17.6 Å². The summed E-state index contributed by atoms with van der Waals surface area (Å²) in [4.78, 5) is 11.1. The highest BCUT2D eigenvalue weighted by atomic mass is 16.5. The molecule has 0 saturated carbocycles. The van der Waals surface area contributed by atoms with Crippen molar-refractivity contribution in [3.05, 3.63) is 59.8 Å². The van der Waals surface area contributed by atoms with Crippen molar-refractivity contribution >= 4 is 16.9 Å². The fraction of sp³-hybridized carbons (Fsp3) is 0.360. The summed E-state index contributed by atoms with van der Waals surface area (Å²) in [7, 11) is 0. The maximum absolute atomic E-state index is 11.1. The Kier molecular flexibility index (Phi) is 7.13. The van der Waals surface area contributed by atoms with E-state index in [1.165, 1.54) is 0 Å². The van der Waals surface area contributed by atoms with Crippen LogP contribution in [0.4, 0.5) is 0 Å². The molecule has 3 aromatic rings. The first kappa shape index (κ1) is 21.4. The highest BCUT2D eigenvalue weighted by molar-refractivity contribution is 5.78. The van der Waals surface area contributed by atoms with Crippen molar-refractivity contribution in [2.45, 2.75) is 52.1 Å². The molecule has 1 aromatic heterocycles. The molecule has 0 aliphatic rings. The van der Waals surface area contributed by atoms with E-state index in [-0.39, 0.29) is 18.4 Å². The van der Waals surface area contributed by atoms with Gasteiger partial charge in [0.25, 0.3) is 0 Å². The summed E-state index contributed by atoms with van der Waals surface area (Å²) in [6.45, 7) is 6.15. The van der Waals surface area contributed by atoms with E-state index in [9.17, 15) is 4.79 Å². The Morgan fingerprint density at radius 2 is 1.87 bits per heavy atom. The lowest BCUT2D eigenvalue weighted by atomic mass is 9.96. The van der Waals surface area contributed by atoms with Crippen LogP contribution in [0.1, 0.15) is 63.2 Å². The summed E-state index contributed by atoms with van der Waals surface area (Å²) in [5.74, 6) is 5.98. The topological polar surface area (TPSA) is 75.2 Å². The van der Waals surface area contributed by atoms with Gasteiger partial charge < -0.3 is 9.84 Å². The van der Waals surface area contributed by atoms with E-state index in [0.717, 1.165) is 40.6 Å². The molecule has 3 rings (SSSR count). The van der Waals surface area contributed by atoms with E-state index >= 15 is 0 Å². The summed E-state index contributed by atoms with van der Waals surface area (Å²) >= 11 is 0. The van der Waals surface area contributed by atoms with Gasteiger partial charge in [0.2, 0.25) is 0 Å². The van der Waals surface area contributed by atoms with Gasteiger partial charge in [-0.25, -0.2) is 0 Å². The third kappa shape index (κ3) is 5.64. The number of aliphatic carboxylic acids is 1. The summed E-state index contributed by atoms with van der Waals surface area (Å²) in [5.41, 5.74) is 3.01. The largest absolute Gasteiger partial charge is 0.486 e. The van der Waals surface area contributed by atoms with Crippen molar-refractivity contribution < 1.29 is 14.6 Å². The molecule has 0 amide bonds. The van der Waals surface area contributed by atoms with E-state index in [4.69, 9.17) is 9.84 Å². The number of H-pyrrole nitrogens is 1. The van der Waals surface area contributed by atoms with Crippen LogP contribution in [0.2, 0.25) is 0 Å². The highest BCUT2D eigenvalue weighted by Gasteiger charge is 2.17. The number of nitrogens with one attached hydrogen (secondary N) is 1. The summed E-state index contributed by atoms with van der Waals surface area (Å²) in [6.07, 6.45) is 3.71. The second kappa shape index (κ2) is 9.98. The Morgan fingerprint density at radius 1 is 1.13 bits per heavy atom. The number of benzene rings is 2. The Bertz CT molecular complexity index is 1040. The number of rotatable bonds is 9. The van der Waals surface area contributed by atoms with Gasteiger partial charge >= 0.3 is 5.97 Å². The average Bonchev–Trinajstić information content (AvgIpc) is 3.18. The molecule has 2 N–H and O–H groups in total. The highest BCUT2D eigenvalue weighted by Crippen LogP contribution is 2.30. The minimum absolute atomic E-state index is 0.0111. The monoisotopic (exact) mass is 404 g/mol. The molecule has 0 radical (unpaired) electrons. The summed E-state index contributed by atoms with van der Waals surface area (Å²) < 4.78 is 6.37. The van der Waals surface area contributed by atoms with Crippen LogP contribution in [0, 0.1) is 17.8 Å². The number of ether oxygens (including phenoxy) is 1. The second-order valence-corrected chi connectivity index (χ2v) is 7.91. The van der Waals surface area contributed by atoms with E-state index < -0.39 is 5.97 Å². The Balaban J connectivity index is 1.81. The average molecular weight is 405 g/mol. The van der Waals surface area contributed by atoms with E-state index in [1.807, 2.05) is 36.5 Å². The molecule has 2 unspecified atom stereocenters. The molecule has 156 valence electrons. The van der Waals surface area contributed by atoms with Crippen molar-refractivity contribution in [2.24, 2.45) is 5.92 Å². The number of aromatic amines is 1. The molecule has 0 saturated heterocycles. The van der Waals surface area contributed by atoms with Crippen LogP contribution in [0.3, 0.4) is 0 Å². The number of carboxylic acids is 1. The minimum atomic E-state index is -0.855. The van der Waals surface area contributed by atoms with Crippen LogP contribution >= 0.6 is 0 Å². The number of hydrogen-bond acceptors (Lipinski definition) is 3. The fourth-order valence-corrected chi connectivity index (χ4v) is 3.48. The molecule has 5 heteroatoms. The smallest absolute Gasteiger partial charge is 0.304 e. The predicted octanol–water partition coefficient (Wildman–Crippen LogP) is 5.70. The van der Waals surface area contributed by atoms with Gasteiger partial charge in [0.15, 0.2) is 0 Å². The maximum atomic E-state index is 11.1. The lowest BCUT2D eigenvalue weighted by Gasteiger charge is -2.21. The minimum Gasteiger partial charge on any atom is -0.486 e. The van der Waals surface area contributed by atoms with E-state index in [0.29, 0.717) is 5.92 Å². The molecule has 2 aromatic carbocycles. The molecule has 0 fully saturated rings. The molecule has 0 bridgehead atoms. The summed E-state index contributed by atoms with van der Waals surface area (Å²) in [6, 6.07) is 13.9. The normalized spacial score (nSPS) is 12.9. The third-order valence-electron chi connectivity index (χ3n) is 5.10. The van der Waals surface area contributed by atoms with Gasteiger partial charge in [-0.1, -0.05) is 38.0 Å². The first-order valence-electron chi connectivity index (χ1n) is 10.3. The number of aromatic nitrogens is 2. The molecule has 5 nitrogen and oxygen atoms in total. The lowest BCUT2D eigenvalue weighted by Crippen LogP contribution is -2.09. The van der Waals surface area contributed by atoms with Gasteiger partial charge in [0, 0.05) is 5.39 Å². The van der Waals surface area contributed by atoms with Crippen molar-refractivity contribution in [3.63, 3.8) is 0 Å². The van der Waals surface area contributed by atoms with Crippen molar-refractivity contribution in [1.82, 2.24) is 10.2 Å². The zero-order valence-corrected chi connectivity index (χ0v) is 17.7. The van der Waals surface area contributed by atoms with E-state index in [2.05, 4.69) is 48.0 Å². The molecular formula is C25H28N2O3. The first-order valence-corrected chi connectivity index (χ1v) is 10.3. The molecular weight excluding hydrogens is 376 g/mol. The van der Waals surface area contributed by atoms with Crippen LogP contribution < -0.4 is 4.74 Å². The van der Waals surface area contributed by atoms with Crippen LogP contribution in [-0.4, -0.2) is 21.3 Å². The van der Waals surface area contributed by atoms with Crippen LogP contribution in [0.15, 0.2) is 48.7 Å². The third-order valence-corrected chi connectivity index (χ3v) is 5.10. The van der Waals surface area contributed by atoms with Gasteiger partial charge in [0.1, 0.15) is 11.9 Å². The van der Waals surface area contributed by atoms with Gasteiger partial charge in [-0.3, -0.25) is 9.89 Å². The first-order chi connectivity index (χ1) is 14.5. The Hall–Kier alpha value is -3.26. The SMILES string of the molecule is CC#CC(CC(=O)O)c1ccc(OC(CCC(C)C)c2ccc3[nH]ncc3c2)cc1. The second-order valence-electron chi connectivity index (χ2n) is 7.91. The van der Waals surface area contributed by atoms with Gasteiger partial charge in [-0.15, -0.1) is 5.92 Å². The fourth-order valence-electron chi connectivity index (χ4n) is 3.48. The van der Waals surface area contributed by atoms with Gasteiger partial charge in [-0.05, 0) is 61.1 Å². The standard InChI is InChI=1S/C25H28N2O3/c1-4-5-19(15-25(28)29)18-7-10-22(11-8-18)30-24(13-6-17(2)3)20-9-12-23-21(14-20)16-26-27-23/h7-12,14,16-17,19,24H,6,13,15H2,1-3H3,(H,26,27)(H,28,29). The molecule has 0 aliphatic heterocycles. The number of carboxylic acid groups (broad SMARTS) is 1. The molecule has 0 spiro atoms. The lowest BCUT2D eigenvalue weighted by molar-refractivity contribution is -0.137. The Labute approximate surface area is 177 Å². The van der Waals surface area contributed by atoms with Crippen LogP contribution in [-0.2, 0) is 4.79 Å². The van der Waals surface area contributed by atoms with Gasteiger partial charge in [-0.2, -0.15) is 5.10 Å². The van der Waals surface area contributed by atoms with Crippen molar-refractivity contribution in [1.29, 1.82) is 0 Å². The zero-order valence-electron chi connectivity index (χ0n) is 17.7. The molecule has 0 aliphatic carbocycles. The van der Waals surface area contributed by atoms with E-state index in [1.54, 1.807) is 6.92 Å². The molecule has 2 atom stereocenters. The van der Waals surface area contributed by atoms with Crippen molar-refractivity contribution in [2.75, 3.05) is 0 Å². The van der Waals surface area contributed by atoms with Crippen LogP contribution in [0.25, 0.3) is 10.9 Å². The van der Waals surface area contributed by atoms with Crippen LogP contribution in [0.5, 0.6) is 5.75 Å². The number of carbonyl (C=O) groups is 1. The number of nitrogens with zero attached hydrogens (tertiary/aromatic N) is 1. The number of fused-ring (bicyclic) bond motifs is 1. The summed E-state index contributed by atoms with van der Waals surface area (Å²) in [5, 5.41) is 17.3. The van der Waals surface area contributed by atoms with Gasteiger partial charge in [0.05, 0.1) is 24.1 Å². The predicted molar refractivity (Wildman–Crippen MR) is 118 cm³/mol. The zero-order chi connectivity index (χ0) is 21.5. The Morgan fingerprint density at radius 3 is 2.53 bits per heavy atom. The number of hydrogen-bond donors (Lipinski definition) is 2. The molecule has 1 heterocycles. The quantitative estimate of drug-likeness (QED) is 0.449.